The van der Waals surface area contributed by atoms with Crippen LogP contribution in [0.15, 0.2) is 53.1 Å². The van der Waals surface area contributed by atoms with E-state index in [1.54, 1.807) is 0 Å². The van der Waals surface area contributed by atoms with Crippen LogP contribution in [-0.4, -0.2) is 24.1 Å². The van der Waals surface area contributed by atoms with E-state index in [1.807, 2.05) is 69.3 Å². The minimum absolute atomic E-state index is 0.0450. The first kappa shape index (κ1) is 20.7. The highest BCUT2D eigenvalue weighted by atomic mass is 32.2. The SMILES string of the molecule is CNC(=O)/C(C#N)=C1\SC(Cc2ccccc2C)C(=O)N1c1ccc(C)c(C)c1. The Balaban J connectivity index is 2.09. The number of aryl methyl sites for hydroxylation is 3. The van der Waals surface area contributed by atoms with Crippen LogP contribution in [0.5, 0.6) is 0 Å². The quantitative estimate of drug-likeness (QED) is 0.621. The van der Waals surface area contributed by atoms with E-state index in [0.29, 0.717) is 17.1 Å². The molecule has 1 aliphatic rings. The molecule has 3 rings (SSSR count). The van der Waals surface area contributed by atoms with Gasteiger partial charge >= 0.3 is 0 Å². The lowest BCUT2D eigenvalue weighted by Crippen LogP contribution is -2.31. The fourth-order valence-electron chi connectivity index (χ4n) is 3.25. The van der Waals surface area contributed by atoms with Crippen molar-refractivity contribution < 1.29 is 9.59 Å². The molecule has 0 aliphatic carbocycles. The maximum atomic E-state index is 13.4. The van der Waals surface area contributed by atoms with Gasteiger partial charge in [0, 0.05) is 12.7 Å². The molecule has 2 aromatic carbocycles. The number of rotatable bonds is 4. The van der Waals surface area contributed by atoms with Gasteiger partial charge in [0.15, 0.2) is 0 Å². The van der Waals surface area contributed by atoms with Crippen LogP contribution in [0.1, 0.15) is 22.3 Å². The van der Waals surface area contributed by atoms with Crippen LogP contribution in [-0.2, 0) is 16.0 Å². The number of carbonyl (C=O) groups excluding carboxylic acids is 2. The van der Waals surface area contributed by atoms with Crippen LogP contribution in [0.25, 0.3) is 0 Å². The van der Waals surface area contributed by atoms with E-state index in [-0.39, 0.29) is 11.5 Å². The van der Waals surface area contributed by atoms with Gasteiger partial charge in [-0.05, 0) is 61.6 Å². The van der Waals surface area contributed by atoms with Crippen molar-refractivity contribution in [3.05, 3.63) is 75.3 Å². The number of nitrogens with one attached hydrogen (secondary N) is 1. The summed E-state index contributed by atoms with van der Waals surface area (Å²) in [7, 11) is 1.48. The van der Waals surface area contributed by atoms with E-state index in [2.05, 4.69) is 5.32 Å². The van der Waals surface area contributed by atoms with Crippen molar-refractivity contribution in [2.45, 2.75) is 32.4 Å². The van der Waals surface area contributed by atoms with Gasteiger partial charge in [-0.2, -0.15) is 5.26 Å². The molecule has 2 aromatic rings. The topological polar surface area (TPSA) is 73.2 Å². The smallest absolute Gasteiger partial charge is 0.264 e. The number of anilines is 1. The third kappa shape index (κ3) is 4.06. The van der Waals surface area contributed by atoms with Crippen LogP contribution >= 0.6 is 11.8 Å². The van der Waals surface area contributed by atoms with Crippen LogP contribution in [0.2, 0.25) is 0 Å². The summed E-state index contributed by atoms with van der Waals surface area (Å²) in [5.74, 6) is -0.610. The zero-order valence-electron chi connectivity index (χ0n) is 16.9. The zero-order chi connectivity index (χ0) is 21.1. The third-order valence-corrected chi connectivity index (χ3v) is 6.41. The molecule has 1 atom stereocenters. The molecule has 1 heterocycles. The number of nitriles is 1. The van der Waals surface area contributed by atoms with Gasteiger partial charge in [-0.25, -0.2) is 0 Å². The molecule has 5 nitrogen and oxygen atoms in total. The summed E-state index contributed by atoms with van der Waals surface area (Å²) >= 11 is 1.28. The lowest BCUT2D eigenvalue weighted by Gasteiger charge is -2.19. The van der Waals surface area contributed by atoms with Crippen LogP contribution < -0.4 is 10.2 Å². The first-order chi connectivity index (χ1) is 13.9. The molecule has 0 aromatic heterocycles. The molecule has 0 saturated carbocycles. The number of amides is 2. The Bertz CT molecular complexity index is 1050. The molecule has 1 aliphatic heterocycles. The number of nitrogens with zero attached hydrogens (tertiary/aromatic N) is 2. The number of likely N-dealkylation sites (N-methyl/N-ethyl adjacent to an activating group) is 1. The Morgan fingerprint density at radius 2 is 1.86 bits per heavy atom. The zero-order valence-corrected chi connectivity index (χ0v) is 17.8. The lowest BCUT2D eigenvalue weighted by atomic mass is 10.0. The number of hydrogen-bond acceptors (Lipinski definition) is 4. The van der Waals surface area contributed by atoms with E-state index in [0.717, 1.165) is 22.3 Å². The van der Waals surface area contributed by atoms with Crippen LogP contribution in [0.4, 0.5) is 5.69 Å². The monoisotopic (exact) mass is 405 g/mol. The van der Waals surface area contributed by atoms with E-state index < -0.39 is 11.2 Å². The summed E-state index contributed by atoms with van der Waals surface area (Å²) in [6.07, 6.45) is 0.535. The summed E-state index contributed by atoms with van der Waals surface area (Å²) < 4.78 is 0. The number of thioether (sulfide) groups is 1. The summed E-state index contributed by atoms with van der Waals surface area (Å²) in [4.78, 5) is 27.2. The van der Waals surface area contributed by atoms with Crippen molar-refractivity contribution in [2.75, 3.05) is 11.9 Å². The van der Waals surface area contributed by atoms with Gasteiger partial charge in [0.25, 0.3) is 5.91 Å². The third-order valence-electron chi connectivity index (χ3n) is 5.15. The first-order valence-corrected chi connectivity index (χ1v) is 10.2. The standard InChI is InChI=1S/C23H23N3O2S/c1-14-9-10-18(11-16(14)3)26-22(28)20(12-17-8-6-5-7-15(17)2)29-23(26)19(13-24)21(27)25-4/h5-11,20H,12H2,1-4H3,(H,25,27)/b23-19-. The van der Waals surface area contributed by atoms with Crippen LogP contribution in [0, 0.1) is 32.1 Å². The van der Waals surface area contributed by atoms with Crippen molar-refractivity contribution in [3.63, 3.8) is 0 Å². The Morgan fingerprint density at radius 1 is 1.14 bits per heavy atom. The van der Waals surface area contributed by atoms with Gasteiger partial charge in [-0.15, -0.1) is 0 Å². The number of hydrogen-bond donors (Lipinski definition) is 1. The Kier molecular flexibility index (Phi) is 6.09. The van der Waals surface area contributed by atoms with Gasteiger partial charge in [-0.1, -0.05) is 42.1 Å². The Hall–Kier alpha value is -3.04. The highest BCUT2D eigenvalue weighted by molar-refractivity contribution is 8.05. The second-order valence-electron chi connectivity index (χ2n) is 7.05. The first-order valence-electron chi connectivity index (χ1n) is 9.36. The number of carbonyl (C=O) groups is 2. The molecular weight excluding hydrogens is 382 g/mol. The van der Waals surface area contributed by atoms with Crippen molar-refractivity contribution in [3.8, 4) is 6.07 Å². The molecule has 29 heavy (non-hydrogen) atoms. The molecule has 0 bridgehead atoms. The van der Waals surface area contributed by atoms with Crippen LogP contribution in [0.3, 0.4) is 0 Å². The Morgan fingerprint density at radius 3 is 2.48 bits per heavy atom. The predicted octanol–water partition coefficient (Wildman–Crippen LogP) is 3.78. The fraction of sp³-hybridized carbons (Fsp3) is 0.261. The Labute approximate surface area is 175 Å². The largest absolute Gasteiger partial charge is 0.354 e. The van der Waals surface area contributed by atoms with Gasteiger partial charge in [0.1, 0.15) is 16.7 Å². The van der Waals surface area contributed by atoms with E-state index in [1.165, 1.54) is 23.7 Å². The van der Waals surface area contributed by atoms with Crippen molar-refractivity contribution >= 4 is 29.3 Å². The molecular formula is C23H23N3O2S. The second-order valence-corrected chi connectivity index (χ2v) is 8.24. The van der Waals surface area contributed by atoms with E-state index in [9.17, 15) is 14.9 Å². The maximum absolute atomic E-state index is 13.4. The fourth-order valence-corrected chi connectivity index (χ4v) is 4.55. The van der Waals surface area contributed by atoms with Gasteiger partial charge < -0.3 is 5.32 Å². The molecule has 2 amide bonds. The minimum atomic E-state index is -0.492. The van der Waals surface area contributed by atoms with E-state index >= 15 is 0 Å². The molecule has 0 radical (unpaired) electrons. The molecule has 1 fully saturated rings. The molecule has 1 N–H and O–H groups in total. The van der Waals surface area contributed by atoms with Gasteiger partial charge in [0.2, 0.25) is 5.91 Å². The summed E-state index contributed by atoms with van der Waals surface area (Å²) in [5.41, 5.74) is 4.98. The summed E-state index contributed by atoms with van der Waals surface area (Å²) in [6.45, 7) is 6.00. The average Bonchev–Trinajstić information content (AvgIpc) is 3.02. The molecule has 6 heteroatoms. The van der Waals surface area contributed by atoms with Crippen molar-refractivity contribution in [2.24, 2.45) is 0 Å². The summed E-state index contributed by atoms with van der Waals surface area (Å²) in [6, 6.07) is 15.7. The van der Waals surface area contributed by atoms with E-state index in [4.69, 9.17) is 0 Å². The van der Waals surface area contributed by atoms with Gasteiger partial charge in [-0.3, -0.25) is 14.5 Å². The lowest BCUT2D eigenvalue weighted by molar-refractivity contribution is -0.117. The predicted molar refractivity (Wildman–Crippen MR) is 116 cm³/mol. The number of benzene rings is 2. The summed E-state index contributed by atoms with van der Waals surface area (Å²) in [5, 5.41) is 12.1. The molecule has 1 unspecified atom stereocenters. The second kappa shape index (κ2) is 8.54. The maximum Gasteiger partial charge on any atom is 0.264 e. The molecule has 148 valence electrons. The molecule has 1 saturated heterocycles. The normalized spacial score (nSPS) is 17.8. The highest BCUT2D eigenvalue weighted by Gasteiger charge is 2.40. The van der Waals surface area contributed by atoms with Gasteiger partial charge in [0.05, 0.1) is 5.25 Å². The van der Waals surface area contributed by atoms with Crippen molar-refractivity contribution in [1.29, 1.82) is 5.26 Å². The molecule has 0 spiro atoms. The van der Waals surface area contributed by atoms with Crippen molar-refractivity contribution in [1.82, 2.24) is 5.32 Å². The minimum Gasteiger partial charge on any atom is -0.354 e. The highest BCUT2D eigenvalue weighted by Crippen LogP contribution is 2.42. The average molecular weight is 406 g/mol.